The van der Waals surface area contributed by atoms with E-state index in [-0.39, 0.29) is 11.6 Å². The minimum Gasteiger partial charge on any atom is -0.373 e. The molecular formula is C13H25N5O. The molecule has 6 nitrogen and oxygen atoms in total. The number of aromatic nitrogens is 3. The molecule has 1 aliphatic carbocycles. The van der Waals surface area contributed by atoms with Crippen molar-refractivity contribution in [1.82, 2.24) is 20.4 Å². The summed E-state index contributed by atoms with van der Waals surface area (Å²) in [6, 6.07) is -0.0449. The van der Waals surface area contributed by atoms with Gasteiger partial charge in [0.25, 0.3) is 0 Å². The fourth-order valence-corrected chi connectivity index (χ4v) is 3.16. The van der Waals surface area contributed by atoms with E-state index in [2.05, 4.69) is 22.7 Å². The smallest absolute Gasteiger partial charge is 0.0934 e. The molecule has 0 amide bonds. The SMILES string of the molecule is CCCn1nncc1C(NN)C1(OCC)CCCC1. The second kappa shape index (κ2) is 6.45. The van der Waals surface area contributed by atoms with E-state index in [9.17, 15) is 0 Å². The largest absolute Gasteiger partial charge is 0.373 e. The van der Waals surface area contributed by atoms with Gasteiger partial charge < -0.3 is 4.74 Å². The van der Waals surface area contributed by atoms with E-state index in [4.69, 9.17) is 10.6 Å². The Bertz CT molecular complexity index is 386. The fraction of sp³-hybridized carbons (Fsp3) is 0.846. The molecule has 1 saturated carbocycles. The number of hydrazine groups is 1. The molecule has 1 unspecified atom stereocenters. The molecule has 3 N–H and O–H groups in total. The van der Waals surface area contributed by atoms with Crippen molar-refractivity contribution < 1.29 is 4.74 Å². The number of hydrogen-bond donors (Lipinski definition) is 2. The first-order chi connectivity index (χ1) is 9.27. The third-order valence-corrected chi connectivity index (χ3v) is 3.95. The highest BCUT2D eigenvalue weighted by molar-refractivity contribution is 5.12. The molecule has 0 saturated heterocycles. The van der Waals surface area contributed by atoms with Crippen LogP contribution in [-0.2, 0) is 11.3 Å². The van der Waals surface area contributed by atoms with Gasteiger partial charge in [-0.15, -0.1) is 5.10 Å². The second-order valence-corrected chi connectivity index (χ2v) is 5.19. The molecule has 2 rings (SSSR count). The van der Waals surface area contributed by atoms with E-state index in [1.807, 2.05) is 11.6 Å². The van der Waals surface area contributed by atoms with Crippen LogP contribution < -0.4 is 11.3 Å². The highest BCUT2D eigenvalue weighted by Gasteiger charge is 2.44. The van der Waals surface area contributed by atoms with Gasteiger partial charge in [0.2, 0.25) is 0 Å². The summed E-state index contributed by atoms with van der Waals surface area (Å²) in [5.74, 6) is 5.83. The third kappa shape index (κ3) is 2.80. The van der Waals surface area contributed by atoms with Gasteiger partial charge in [-0.1, -0.05) is 25.0 Å². The molecule has 0 spiro atoms. The number of aryl methyl sites for hydroxylation is 1. The Morgan fingerprint density at radius 1 is 1.47 bits per heavy atom. The lowest BCUT2D eigenvalue weighted by Gasteiger charge is -2.36. The number of hydrogen-bond acceptors (Lipinski definition) is 5. The quantitative estimate of drug-likeness (QED) is 0.579. The van der Waals surface area contributed by atoms with Crippen molar-refractivity contribution in [3.05, 3.63) is 11.9 Å². The number of nitrogens with two attached hydrogens (primary N) is 1. The topological polar surface area (TPSA) is 78.0 Å². The summed E-state index contributed by atoms with van der Waals surface area (Å²) in [5.41, 5.74) is 3.76. The first-order valence-electron chi connectivity index (χ1n) is 7.26. The summed E-state index contributed by atoms with van der Waals surface area (Å²) in [5, 5.41) is 8.19. The predicted molar refractivity (Wildman–Crippen MR) is 73.2 cm³/mol. The van der Waals surface area contributed by atoms with Crippen molar-refractivity contribution in [2.75, 3.05) is 6.61 Å². The zero-order valence-corrected chi connectivity index (χ0v) is 11.9. The first kappa shape index (κ1) is 14.4. The van der Waals surface area contributed by atoms with Gasteiger partial charge in [0.1, 0.15) is 0 Å². The maximum Gasteiger partial charge on any atom is 0.0934 e. The van der Waals surface area contributed by atoms with Crippen molar-refractivity contribution in [3.63, 3.8) is 0 Å². The Morgan fingerprint density at radius 2 is 2.21 bits per heavy atom. The van der Waals surface area contributed by atoms with Crippen LogP contribution in [0.15, 0.2) is 6.20 Å². The highest BCUT2D eigenvalue weighted by Crippen LogP contribution is 2.42. The minimum absolute atomic E-state index is 0.0449. The fourth-order valence-electron chi connectivity index (χ4n) is 3.16. The minimum atomic E-state index is -0.212. The maximum absolute atomic E-state index is 6.09. The van der Waals surface area contributed by atoms with Crippen LogP contribution in [0.2, 0.25) is 0 Å². The highest BCUT2D eigenvalue weighted by atomic mass is 16.5. The lowest BCUT2D eigenvalue weighted by Crippen LogP contribution is -2.47. The van der Waals surface area contributed by atoms with Gasteiger partial charge in [-0.05, 0) is 26.2 Å². The lowest BCUT2D eigenvalue weighted by atomic mass is 9.90. The zero-order valence-electron chi connectivity index (χ0n) is 11.9. The summed E-state index contributed by atoms with van der Waals surface area (Å²) in [6.07, 6.45) is 7.27. The maximum atomic E-state index is 6.09. The molecular weight excluding hydrogens is 242 g/mol. The molecule has 0 aliphatic heterocycles. The average molecular weight is 267 g/mol. The van der Waals surface area contributed by atoms with Crippen LogP contribution in [0.5, 0.6) is 0 Å². The second-order valence-electron chi connectivity index (χ2n) is 5.19. The summed E-state index contributed by atoms with van der Waals surface area (Å²) in [7, 11) is 0. The lowest BCUT2D eigenvalue weighted by molar-refractivity contribution is -0.0646. The van der Waals surface area contributed by atoms with Gasteiger partial charge in [-0.25, -0.2) is 10.1 Å². The molecule has 1 aromatic rings. The number of ether oxygens (including phenoxy) is 1. The standard InChI is InChI=1S/C13H25N5O/c1-3-9-18-11(10-15-17-18)12(16-14)13(19-4-2)7-5-6-8-13/h10,12,16H,3-9,14H2,1-2H3. The summed E-state index contributed by atoms with van der Waals surface area (Å²) >= 11 is 0. The molecule has 1 atom stereocenters. The number of nitrogens with one attached hydrogen (secondary N) is 1. The molecule has 19 heavy (non-hydrogen) atoms. The molecule has 0 bridgehead atoms. The molecule has 1 aliphatic rings. The van der Waals surface area contributed by atoms with Crippen LogP contribution in [0.1, 0.15) is 57.7 Å². The van der Waals surface area contributed by atoms with E-state index < -0.39 is 0 Å². The van der Waals surface area contributed by atoms with Gasteiger partial charge in [-0.2, -0.15) is 0 Å². The summed E-state index contributed by atoms with van der Waals surface area (Å²) in [6.45, 7) is 5.72. The Morgan fingerprint density at radius 3 is 2.79 bits per heavy atom. The zero-order chi connectivity index (χ0) is 13.7. The summed E-state index contributed by atoms with van der Waals surface area (Å²) < 4.78 is 8.02. The van der Waals surface area contributed by atoms with Crippen LogP contribution in [0.3, 0.4) is 0 Å². The van der Waals surface area contributed by atoms with Gasteiger partial charge in [0.05, 0.1) is 23.5 Å². The van der Waals surface area contributed by atoms with Crippen molar-refractivity contribution in [3.8, 4) is 0 Å². The Kier molecular flexibility index (Phi) is 4.90. The molecule has 1 heterocycles. The number of rotatable bonds is 7. The van der Waals surface area contributed by atoms with E-state index in [1.54, 1.807) is 6.20 Å². The van der Waals surface area contributed by atoms with Gasteiger partial charge in [0, 0.05) is 13.2 Å². The molecule has 108 valence electrons. The van der Waals surface area contributed by atoms with Gasteiger partial charge in [0.15, 0.2) is 0 Å². The number of nitrogens with zero attached hydrogens (tertiary/aromatic N) is 3. The van der Waals surface area contributed by atoms with Gasteiger partial charge >= 0.3 is 0 Å². The van der Waals surface area contributed by atoms with Crippen LogP contribution in [0, 0.1) is 0 Å². The van der Waals surface area contributed by atoms with E-state index in [0.717, 1.165) is 31.5 Å². The van der Waals surface area contributed by atoms with E-state index in [0.29, 0.717) is 6.61 Å². The summed E-state index contributed by atoms with van der Waals surface area (Å²) in [4.78, 5) is 0. The Labute approximate surface area is 114 Å². The van der Waals surface area contributed by atoms with Crippen LogP contribution >= 0.6 is 0 Å². The van der Waals surface area contributed by atoms with Crippen molar-refractivity contribution in [2.24, 2.45) is 5.84 Å². The third-order valence-electron chi connectivity index (χ3n) is 3.95. The van der Waals surface area contributed by atoms with Crippen molar-refractivity contribution >= 4 is 0 Å². The van der Waals surface area contributed by atoms with E-state index >= 15 is 0 Å². The molecule has 1 fully saturated rings. The predicted octanol–water partition coefficient (Wildman–Crippen LogP) is 1.54. The van der Waals surface area contributed by atoms with Crippen molar-refractivity contribution in [1.29, 1.82) is 0 Å². The van der Waals surface area contributed by atoms with E-state index in [1.165, 1.54) is 12.8 Å². The Hall–Kier alpha value is -0.980. The van der Waals surface area contributed by atoms with Gasteiger partial charge in [-0.3, -0.25) is 5.84 Å². The van der Waals surface area contributed by atoms with Crippen LogP contribution in [0.4, 0.5) is 0 Å². The molecule has 0 radical (unpaired) electrons. The van der Waals surface area contributed by atoms with Crippen LogP contribution in [-0.4, -0.2) is 27.2 Å². The van der Waals surface area contributed by atoms with Crippen LogP contribution in [0.25, 0.3) is 0 Å². The first-order valence-corrected chi connectivity index (χ1v) is 7.26. The molecule has 0 aromatic carbocycles. The van der Waals surface area contributed by atoms with Crippen molar-refractivity contribution in [2.45, 2.75) is 64.1 Å². The average Bonchev–Trinajstić information content (AvgIpc) is 3.03. The monoisotopic (exact) mass is 267 g/mol. The molecule has 6 heteroatoms. The Balaban J connectivity index is 2.28. The normalized spacial score (nSPS) is 19.7. The molecule has 1 aromatic heterocycles.